The summed E-state index contributed by atoms with van der Waals surface area (Å²) >= 11 is 0. The predicted octanol–water partition coefficient (Wildman–Crippen LogP) is 0.930. The van der Waals surface area contributed by atoms with Crippen molar-refractivity contribution in [3.63, 3.8) is 0 Å². The lowest BCUT2D eigenvalue weighted by molar-refractivity contribution is 0.0942. The van der Waals surface area contributed by atoms with Crippen molar-refractivity contribution in [1.29, 1.82) is 0 Å². The Morgan fingerprint density at radius 2 is 2.20 bits per heavy atom. The van der Waals surface area contributed by atoms with E-state index in [1.165, 1.54) is 0 Å². The SMILES string of the molecule is Cc1c(C(=O)NC(C)C)cc(CN)n1C. The van der Waals surface area contributed by atoms with Crippen LogP contribution in [-0.2, 0) is 13.6 Å². The van der Waals surface area contributed by atoms with Gasteiger partial charge in [-0.25, -0.2) is 0 Å². The number of nitrogens with zero attached hydrogens (tertiary/aromatic N) is 1. The zero-order valence-corrected chi connectivity index (χ0v) is 9.79. The van der Waals surface area contributed by atoms with Gasteiger partial charge in [-0.05, 0) is 26.8 Å². The lowest BCUT2D eigenvalue weighted by Crippen LogP contribution is -2.30. The van der Waals surface area contributed by atoms with Gasteiger partial charge in [0.1, 0.15) is 0 Å². The fourth-order valence-corrected chi connectivity index (χ4v) is 1.53. The summed E-state index contributed by atoms with van der Waals surface area (Å²) in [6.07, 6.45) is 0. The second-order valence-corrected chi connectivity index (χ2v) is 4.03. The highest BCUT2D eigenvalue weighted by Crippen LogP contribution is 2.13. The molecule has 0 radical (unpaired) electrons. The van der Waals surface area contributed by atoms with Gasteiger partial charge in [-0.15, -0.1) is 0 Å². The van der Waals surface area contributed by atoms with E-state index in [1.54, 1.807) is 0 Å². The first-order chi connectivity index (χ1) is 6.97. The molecule has 0 spiro atoms. The smallest absolute Gasteiger partial charge is 0.253 e. The lowest BCUT2D eigenvalue weighted by Gasteiger charge is -2.08. The molecule has 0 fully saturated rings. The van der Waals surface area contributed by atoms with Crippen molar-refractivity contribution in [3.05, 3.63) is 23.0 Å². The second-order valence-electron chi connectivity index (χ2n) is 4.03. The van der Waals surface area contributed by atoms with Gasteiger partial charge in [-0.3, -0.25) is 4.79 Å². The number of amides is 1. The van der Waals surface area contributed by atoms with Crippen LogP contribution in [0.1, 0.15) is 35.6 Å². The van der Waals surface area contributed by atoms with Crippen LogP contribution in [0.5, 0.6) is 0 Å². The average molecular weight is 209 g/mol. The third kappa shape index (κ3) is 2.39. The number of carbonyl (C=O) groups is 1. The van der Waals surface area contributed by atoms with Crippen LogP contribution < -0.4 is 11.1 Å². The molecule has 0 atom stereocenters. The van der Waals surface area contributed by atoms with Gasteiger partial charge in [-0.2, -0.15) is 0 Å². The Bertz CT molecular complexity index is 366. The molecular formula is C11H19N3O. The molecule has 0 aliphatic heterocycles. The van der Waals surface area contributed by atoms with Gasteiger partial charge in [-0.1, -0.05) is 0 Å². The van der Waals surface area contributed by atoms with Crippen molar-refractivity contribution in [1.82, 2.24) is 9.88 Å². The van der Waals surface area contributed by atoms with E-state index in [2.05, 4.69) is 5.32 Å². The number of rotatable bonds is 3. The van der Waals surface area contributed by atoms with E-state index < -0.39 is 0 Å². The molecule has 0 aliphatic rings. The largest absolute Gasteiger partial charge is 0.350 e. The summed E-state index contributed by atoms with van der Waals surface area (Å²) in [5, 5.41) is 2.87. The fraction of sp³-hybridized carbons (Fsp3) is 0.545. The van der Waals surface area contributed by atoms with Crippen LogP contribution in [0.2, 0.25) is 0 Å². The molecule has 3 N–H and O–H groups in total. The number of nitrogens with two attached hydrogens (primary N) is 1. The van der Waals surface area contributed by atoms with Crippen LogP contribution in [0, 0.1) is 6.92 Å². The van der Waals surface area contributed by atoms with Crippen molar-refractivity contribution < 1.29 is 4.79 Å². The molecule has 0 aromatic carbocycles. The Morgan fingerprint density at radius 3 is 2.60 bits per heavy atom. The van der Waals surface area contributed by atoms with E-state index in [9.17, 15) is 4.79 Å². The summed E-state index contributed by atoms with van der Waals surface area (Å²) in [7, 11) is 1.92. The maximum atomic E-state index is 11.8. The van der Waals surface area contributed by atoms with Crippen LogP contribution in [0.25, 0.3) is 0 Å². The maximum Gasteiger partial charge on any atom is 0.253 e. The number of nitrogens with one attached hydrogen (secondary N) is 1. The van der Waals surface area contributed by atoms with Crippen LogP contribution in [0.3, 0.4) is 0 Å². The minimum Gasteiger partial charge on any atom is -0.350 e. The Hall–Kier alpha value is -1.29. The highest BCUT2D eigenvalue weighted by Gasteiger charge is 2.15. The van der Waals surface area contributed by atoms with E-state index in [-0.39, 0.29) is 11.9 Å². The molecule has 4 heteroatoms. The Kier molecular flexibility index (Phi) is 3.52. The molecule has 1 aromatic heterocycles. The van der Waals surface area contributed by atoms with Crippen LogP contribution in [-0.4, -0.2) is 16.5 Å². The first kappa shape index (κ1) is 11.8. The molecule has 0 unspecified atom stereocenters. The predicted molar refractivity (Wildman–Crippen MR) is 60.6 cm³/mol. The van der Waals surface area contributed by atoms with E-state index in [4.69, 9.17) is 5.73 Å². The van der Waals surface area contributed by atoms with Gasteiger partial charge in [0.2, 0.25) is 0 Å². The van der Waals surface area contributed by atoms with Crippen molar-refractivity contribution in [2.75, 3.05) is 0 Å². The molecule has 1 amide bonds. The molecule has 1 rings (SSSR count). The number of aromatic nitrogens is 1. The average Bonchev–Trinajstić information content (AvgIpc) is 2.43. The number of hydrogen-bond donors (Lipinski definition) is 2. The summed E-state index contributed by atoms with van der Waals surface area (Å²) in [5.41, 5.74) is 8.22. The third-order valence-corrected chi connectivity index (χ3v) is 2.51. The van der Waals surface area contributed by atoms with E-state index >= 15 is 0 Å². The van der Waals surface area contributed by atoms with Gasteiger partial charge < -0.3 is 15.6 Å². The van der Waals surface area contributed by atoms with Gasteiger partial charge >= 0.3 is 0 Å². The van der Waals surface area contributed by atoms with E-state index in [1.807, 2.05) is 38.5 Å². The van der Waals surface area contributed by atoms with Crippen LogP contribution in [0.4, 0.5) is 0 Å². The second kappa shape index (κ2) is 4.49. The van der Waals surface area contributed by atoms with Gasteiger partial charge in [0.05, 0.1) is 5.56 Å². The van der Waals surface area contributed by atoms with Crippen molar-refractivity contribution in [3.8, 4) is 0 Å². The minimum absolute atomic E-state index is 0.0298. The number of hydrogen-bond acceptors (Lipinski definition) is 2. The van der Waals surface area contributed by atoms with Crippen molar-refractivity contribution >= 4 is 5.91 Å². The molecule has 15 heavy (non-hydrogen) atoms. The van der Waals surface area contributed by atoms with Crippen molar-refractivity contribution in [2.45, 2.75) is 33.4 Å². The van der Waals surface area contributed by atoms with Crippen LogP contribution >= 0.6 is 0 Å². The molecule has 0 saturated heterocycles. The minimum atomic E-state index is -0.0298. The molecule has 0 bridgehead atoms. The molecule has 0 aliphatic carbocycles. The molecule has 4 nitrogen and oxygen atoms in total. The maximum absolute atomic E-state index is 11.8. The summed E-state index contributed by atoms with van der Waals surface area (Å²) in [6.45, 7) is 6.26. The highest BCUT2D eigenvalue weighted by molar-refractivity contribution is 5.95. The van der Waals surface area contributed by atoms with Crippen molar-refractivity contribution in [2.24, 2.45) is 12.8 Å². The highest BCUT2D eigenvalue weighted by atomic mass is 16.1. The molecule has 84 valence electrons. The Balaban J connectivity index is 2.99. The van der Waals surface area contributed by atoms with Gasteiger partial charge in [0.15, 0.2) is 0 Å². The standard InChI is InChI=1S/C11H19N3O/c1-7(2)13-11(15)10-5-9(6-12)14(4)8(10)3/h5,7H,6,12H2,1-4H3,(H,13,15). The summed E-state index contributed by atoms with van der Waals surface area (Å²) in [4.78, 5) is 11.8. The molecular weight excluding hydrogens is 190 g/mol. The Labute approximate surface area is 90.5 Å². The molecule has 1 aromatic rings. The van der Waals surface area contributed by atoms with Gasteiger partial charge in [0, 0.05) is 31.0 Å². The third-order valence-electron chi connectivity index (χ3n) is 2.51. The lowest BCUT2D eigenvalue weighted by atomic mass is 10.2. The first-order valence-electron chi connectivity index (χ1n) is 5.13. The Morgan fingerprint density at radius 1 is 1.60 bits per heavy atom. The molecule has 1 heterocycles. The zero-order chi connectivity index (χ0) is 11.6. The monoisotopic (exact) mass is 209 g/mol. The quantitative estimate of drug-likeness (QED) is 0.778. The molecule has 0 saturated carbocycles. The normalized spacial score (nSPS) is 10.8. The zero-order valence-electron chi connectivity index (χ0n) is 9.79. The topological polar surface area (TPSA) is 60.1 Å². The van der Waals surface area contributed by atoms with E-state index in [0.29, 0.717) is 12.1 Å². The summed E-state index contributed by atoms with van der Waals surface area (Å²) < 4.78 is 1.95. The number of carbonyl (C=O) groups excluding carboxylic acids is 1. The van der Waals surface area contributed by atoms with Gasteiger partial charge in [0.25, 0.3) is 5.91 Å². The van der Waals surface area contributed by atoms with Crippen LogP contribution in [0.15, 0.2) is 6.07 Å². The summed E-state index contributed by atoms with van der Waals surface area (Å²) in [6, 6.07) is 2.01. The summed E-state index contributed by atoms with van der Waals surface area (Å²) in [5.74, 6) is -0.0298. The van der Waals surface area contributed by atoms with E-state index in [0.717, 1.165) is 11.4 Å². The first-order valence-corrected chi connectivity index (χ1v) is 5.13. The fourth-order valence-electron chi connectivity index (χ4n) is 1.53.